The highest BCUT2D eigenvalue weighted by atomic mass is 32.2. The molecule has 0 aliphatic heterocycles. The van der Waals surface area contributed by atoms with Crippen molar-refractivity contribution in [3.8, 4) is 10.7 Å². The monoisotopic (exact) mass is 387 g/mol. The number of nitrogens with one attached hydrogen (secondary N) is 1. The van der Waals surface area contributed by atoms with Crippen molar-refractivity contribution < 1.29 is 9.90 Å². The molecule has 3 heterocycles. The van der Waals surface area contributed by atoms with Crippen molar-refractivity contribution in [3.05, 3.63) is 52.9 Å². The summed E-state index contributed by atoms with van der Waals surface area (Å²) in [6, 6.07) is 12.3. The fourth-order valence-corrected chi connectivity index (χ4v) is 5.02. The lowest BCUT2D eigenvalue weighted by Gasteiger charge is -2.17. The van der Waals surface area contributed by atoms with Crippen molar-refractivity contribution in [3.63, 3.8) is 0 Å². The highest BCUT2D eigenvalue weighted by Gasteiger charge is 2.15. The number of benzene rings is 1. The molecular formula is C17H13N3O2S3. The van der Waals surface area contributed by atoms with Crippen LogP contribution in [0.5, 0.6) is 0 Å². The van der Waals surface area contributed by atoms with Crippen molar-refractivity contribution in [1.82, 2.24) is 9.97 Å². The van der Waals surface area contributed by atoms with Gasteiger partial charge in [-0.05, 0) is 35.5 Å². The number of aromatic carboxylic acids is 1. The fraction of sp³-hybridized carbons (Fsp3) is 0.0588. The van der Waals surface area contributed by atoms with E-state index in [4.69, 9.17) is 5.11 Å². The Morgan fingerprint density at radius 3 is 2.92 bits per heavy atom. The van der Waals surface area contributed by atoms with Gasteiger partial charge < -0.3 is 14.4 Å². The number of anilines is 1. The maximum atomic E-state index is 11.1. The number of thiophene rings is 1. The Labute approximate surface area is 156 Å². The molecule has 126 valence electrons. The third-order valence-electron chi connectivity index (χ3n) is 3.64. The van der Waals surface area contributed by atoms with E-state index in [0.717, 1.165) is 22.3 Å². The molecule has 4 rings (SSSR count). The summed E-state index contributed by atoms with van der Waals surface area (Å²) in [4.78, 5) is 18.9. The number of fused-ring (bicyclic) bond motifs is 1. The Hall–Kier alpha value is -2.29. The second-order valence-electron chi connectivity index (χ2n) is 5.28. The van der Waals surface area contributed by atoms with Crippen LogP contribution < -0.4 is 4.31 Å². The Morgan fingerprint density at radius 2 is 2.20 bits per heavy atom. The first-order chi connectivity index (χ1) is 12.1. The number of aromatic amines is 1. The van der Waals surface area contributed by atoms with Gasteiger partial charge >= 0.3 is 5.97 Å². The lowest BCUT2D eigenvalue weighted by atomic mass is 10.2. The molecule has 0 aliphatic carbocycles. The summed E-state index contributed by atoms with van der Waals surface area (Å²) in [5.74, 6) is -0.951. The number of hydrogen-bond donors (Lipinski definition) is 2. The Bertz CT molecular complexity index is 1040. The van der Waals surface area contributed by atoms with Crippen molar-refractivity contribution >= 4 is 57.2 Å². The van der Waals surface area contributed by atoms with Gasteiger partial charge in [0.15, 0.2) is 0 Å². The number of aromatic nitrogens is 2. The number of carboxylic acids is 1. The standard InChI is InChI=1S/C17H13N3O2S3/c1-20(25-14-6-3-7-23-14)12-5-2-4-10-8-11(19-15(10)12)16-18-9-13(24-16)17(21)22/h2-9,19H,1H3,(H,21,22). The first-order valence-electron chi connectivity index (χ1n) is 7.38. The second kappa shape index (κ2) is 6.55. The number of nitrogens with zero attached hydrogens (tertiary/aromatic N) is 2. The van der Waals surface area contributed by atoms with Crippen LogP contribution in [0.1, 0.15) is 9.67 Å². The minimum absolute atomic E-state index is 0.235. The maximum Gasteiger partial charge on any atom is 0.347 e. The van der Waals surface area contributed by atoms with E-state index in [-0.39, 0.29) is 4.88 Å². The number of H-pyrrole nitrogens is 1. The fourth-order valence-electron chi connectivity index (χ4n) is 2.51. The van der Waals surface area contributed by atoms with Crippen LogP contribution in [0.4, 0.5) is 5.69 Å². The molecule has 0 atom stereocenters. The first-order valence-corrected chi connectivity index (χ1v) is 9.85. The lowest BCUT2D eigenvalue weighted by molar-refractivity contribution is 0.0702. The summed E-state index contributed by atoms with van der Waals surface area (Å²) >= 11 is 4.55. The Morgan fingerprint density at radius 1 is 1.32 bits per heavy atom. The van der Waals surface area contributed by atoms with E-state index in [1.54, 1.807) is 23.3 Å². The molecule has 0 fully saturated rings. The van der Waals surface area contributed by atoms with Crippen molar-refractivity contribution in [2.24, 2.45) is 0 Å². The van der Waals surface area contributed by atoms with E-state index < -0.39 is 5.97 Å². The van der Waals surface area contributed by atoms with E-state index in [2.05, 4.69) is 31.8 Å². The number of hydrogen-bond acceptors (Lipinski definition) is 6. The Balaban J connectivity index is 1.71. The maximum absolute atomic E-state index is 11.1. The molecule has 8 heteroatoms. The minimum atomic E-state index is -0.951. The first kappa shape index (κ1) is 16.2. The molecule has 0 aliphatic rings. The van der Waals surface area contributed by atoms with Gasteiger partial charge in [0.25, 0.3) is 0 Å². The van der Waals surface area contributed by atoms with Crippen molar-refractivity contribution in [1.29, 1.82) is 0 Å². The third kappa shape index (κ3) is 3.15. The summed E-state index contributed by atoms with van der Waals surface area (Å²) in [7, 11) is 2.03. The van der Waals surface area contributed by atoms with Crippen LogP contribution in [-0.4, -0.2) is 28.1 Å². The molecule has 0 saturated carbocycles. The summed E-state index contributed by atoms with van der Waals surface area (Å²) in [5.41, 5.74) is 2.91. The van der Waals surface area contributed by atoms with Crippen LogP contribution in [0.25, 0.3) is 21.6 Å². The van der Waals surface area contributed by atoms with Gasteiger partial charge in [-0.2, -0.15) is 0 Å². The van der Waals surface area contributed by atoms with Gasteiger partial charge in [-0.25, -0.2) is 9.78 Å². The van der Waals surface area contributed by atoms with E-state index in [9.17, 15) is 4.79 Å². The van der Waals surface area contributed by atoms with Crippen LogP contribution in [0.2, 0.25) is 0 Å². The number of carbonyl (C=O) groups is 1. The molecule has 3 aromatic heterocycles. The average Bonchev–Trinajstić information content (AvgIpc) is 3.33. The molecule has 1 aromatic carbocycles. The average molecular weight is 388 g/mol. The Kier molecular flexibility index (Phi) is 4.24. The van der Waals surface area contributed by atoms with Gasteiger partial charge in [-0.3, -0.25) is 0 Å². The molecular weight excluding hydrogens is 374 g/mol. The number of para-hydroxylation sites is 1. The van der Waals surface area contributed by atoms with Gasteiger partial charge in [-0.1, -0.05) is 18.2 Å². The van der Waals surface area contributed by atoms with Gasteiger partial charge in [0.1, 0.15) is 9.88 Å². The zero-order valence-electron chi connectivity index (χ0n) is 13.1. The van der Waals surface area contributed by atoms with Crippen LogP contribution >= 0.6 is 34.6 Å². The molecule has 0 spiro atoms. The zero-order chi connectivity index (χ0) is 17.4. The second-order valence-corrected chi connectivity index (χ2v) is 8.69. The molecule has 0 bridgehead atoms. The minimum Gasteiger partial charge on any atom is -0.477 e. The number of carboxylic acid groups (broad SMARTS) is 1. The van der Waals surface area contributed by atoms with Gasteiger partial charge in [-0.15, -0.1) is 22.7 Å². The number of thiazole rings is 1. The molecule has 0 saturated heterocycles. The lowest BCUT2D eigenvalue weighted by Crippen LogP contribution is -2.05. The molecule has 0 unspecified atom stereocenters. The third-order valence-corrected chi connectivity index (χ3v) is 6.62. The summed E-state index contributed by atoms with van der Waals surface area (Å²) < 4.78 is 3.34. The SMILES string of the molecule is CN(Sc1cccs1)c1cccc2cc(-c3ncc(C(=O)O)s3)[nH]c12. The molecule has 5 nitrogen and oxygen atoms in total. The van der Waals surface area contributed by atoms with Crippen LogP contribution in [-0.2, 0) is 0 Å². The molecule has 0 radical (unpaired) electrons. The van der Waals surface area contributed by atoms with Gasteiger partial charge in [0.05, 0.1) is 27.3 Å². The summed E-state index contributed by atoms with van der Waals surface area (Å²) in [6.45, 7) is 0. The predicted octanol–water partition coefficient (Wildman–Crippen LogP) is 5.19. The normalized spacial score (nSPS) is 11.1. The van der Waals surface area contributed by atoms with Crippen LogP contribution in [0, 0.1) is 0 Å². The predicted molar refractivity (Wildman–Crippen MR) is 105 cm³/mol. The van der Waals surface area contributed by atoms with Crippen molar-refractivity contribution in [2.45, 2.75) is 4.21 Å². The van der Waals surface area contributed by atoms with E-state index in [1.807, 2.05) is 31.3 Å². The van der Waals surface area contributed by atoms with Crippen LogP contribution in [0.15, 0.2) is 52.2 Å². The smallest absolute Gasteiger partial charge is 0.347 e. The summed E-state index contributed by atoms with van der Waals surface area (Å²) in [5, 5.41) is 12.9. The quantitative estimate of drug-likeness (QED) is 0.461. The van der Waals surface area contributed by atoms with E-state index >= 15 is 0 Å². The van der Waals surface area contributed by atoms with Crippen LogP contribution in [0.3, 0.4) is 0 Å². The highest BCUT2D eigenvalue weighted by molar-refractivity contribution is 8.02. The van der Waals surface area contributed by atoms with Gasteiger partial charge in [0, 0.05) is 12.4 Å². The van der Waals surface area contributed by atoms with E-state index in [1.165, 1.54) is 21.7 Å². The molecule has 2 N–H and O–H groups in total. The van der Waals surface area contributed by atoms with E-state index in [0.29, 0.717) is 5.01 Å². The topological polar surface area (TPSA) is 69.2 Å². The highest BCUT2D eigenvalue weighted by Crippen LogP contribution is 2.36. The molecule has 4 aromatic rings. The number of rotatable bonds is 5. The molecule has 0 amide bonds. The zero-order valence-corrected chi connectivity index (χ0v) is 15.5. The van der Waals surface area contributed by atoms with Gasteiger partial charge in [0.2, 0.25) is 0 Å². The van der Waals surface area contributed by atoms with Crippen molar-refractivity contribution in [2.75, 3.05) is 11.4 Å². The molecule has 25 heavy (non-hydrogen) atoms. The summed E-state index contributed by atoms with van der Waals surface area (Å²) in [6.07, 6.45) is 1.40. The largest absolute Gasteiger partial charge is 0.477 e.